The normalized spacial score (nSPS) is 15.3. The van der Waals surface area contributed by atoms with Crippen molar-refractivity contribution in [2.75, 3.05) is 18.8 Å². The lowest BCUT2D eigenvalue weighted by molar-refractivity contribution is 0.327. The summed E-state index contributed by atoms with van der Waals surface area (Å²) >= 11 is 12.7. The molecule has 1 aliphatic rings. The van der Waals surface area contributed by atoms with Crippen LogP contribution in [0.1, 0.15) is 24.1 Å². The highest BCUT2D eigenvalue weighted by molar-refractivity contribution is 6.36. The van der Waals surface area contributed by atoms with E-state index in [1.165, 1.54) is 12.8 Å². The minimum atomic E-state index is 0.526. The van der Waals surface area contributed by atoms with Crippen molar-refractivity contribution in [2.24, 2.45) is 0 Å². The molecule has 0 radical (unpaired) electrons. The first kappa shape index (κ1) is 16.7. The Morgan fingerprint density at radius 3 is 2.44 bits per heavy atom. The zero-order chi connectivity index (χ0) is 17.4. The molecule has 130 valence electrons. The number of aromatic nitrogens is 2. The first-order chi connectivity index (χ1) is 12.1. The number of benzene rings is 2. The quantitative estimate of drug-likeness (QED) is 0.680. The summed E-state index contributed by atoms with van der Waals surface area (Å²) in [6.45, 7) is 3.67. The van der Waals surface area contributed by atoms with Crippen molar-refractivity contribution in [3.05, 3.63) is 57.7 Å². The summed E-state index contributed by atoms with van der Waals surface area (Å²) in [4.78, 5) is 2.45. The van der Waals surface area contributed by atoms with Crippen LogP contribution in [-0.4, -0.2) is 27.8 Å². The smallest absolute Gasteiger partial charge is 0.0843 e. The van der Waals surface area contributed by atoms with Crippen LogP contribution in [0.3, 0.4) is 0 Å². The Hall–Kier alpha value is -1.75. The third kappa shape index (κ3) is 3.34. The SMILES string of the molecule is Nc1ccc2c(CN3CCCC3)nn(Cc3c(Cl)cccc3Cl)c2c1. The highest BCUT2D eigenvalue weighted by Gasteiger charge is 2.18. The topological polar surface area (TPSA) is 47.1 Å². The maximum atomic E-state index is 6.35. The third-order valence-corrected chi connectivity index (χ3v) is 5.50. The largest absolute Gasteiger partial charge is 0.399 e. The van der Waals surface area contributed by atoms with Gasteiger partial charge in [-0.2, -0.15) is 5.10 Å². The molecule has 1 aliphatic heterocycles. The fraction of sp³-hybridized carbons (Fsp3) is 0.316. The number of rotatable bonds is 4. The van der Waals surface area contributed by atoms with Crippen LogP contribution in [0.25, 0.3) is 10.9 Å². The number of likely N-dealkylation sites (tertiary alicyclic amines) is 1. The van der Waals surface area contributed by atoms with Crippen LogP contribution in [0.4, 0.5) is 5.69 Å². The molecule has 0 saturated carbocycles. The molecule has 1 fully saturated rings. The second-order valence-electron chi connectivity index (χ2n) is 6.56. The van der Waals surface area contributed by atoms with Crippen LogP contribution in [0.2, 0.25) is 10.0 Å². The first-order valence-corrected chi connectivity index (χ1v) is 9.27. The molecule has 0 atom stereocenters. The van der Waals surface area contributed by atoms with E-state index < -0.39 is 0 Å². The van der Waals surface area contributed by atoms with Gasteiger partial charge in [0.25, 0.3) is 0 Å². The van der Waals surface area contributed by atoms with Crippen LogP contribution in [0, 0.1) is 0 Å². The van der Waals surface area contributed by atoms with Gasteiger partial charge in [0.2, 0.25) is 0 Å². The van der Waals surface area contributed by atoms with Gasteiger partial charge >= 0.3 is 0 Å². The molecule has 0 aliphatic carbocycles. The molecule has 2 heterocycles. The number of nitrogens with two attached hydrogens (primary N) is 1. The van der Waals surface area contributed by atoms with E-state index in [0.717, 1.165) is 47.5 Å². The predicted molar refractivity (Wildman–Crippen MR) is 104 cm³/mol. The van der Waals surface area contributed by atoms with Crippen LogP contribution in [0.5, 0.6) is 0 Å². The Kier molecular flexibility index (Phi) is 4.59. The van der Waals surface area contributed by atoms with E-state index in [1.54, 1.807) is 0 Å². The summed E-state index contributed by atoms with van der Waals surface area (Å²) < 4.78 is 1.96. The van der Waals surface area contributed by atoms with Gasteiger partial charge in [0.05, 0.1) is 17.8 Å². The molecule has 1 saturated heterocycles. The number of anilines is 1. The Morgan fingerprint density at radius 2 is 1.72 bits per heavy atom. The van der Waals surface area contributed by atoms with Crippen molar-refractivity contribution in [1.82, 2.24) is 14.7 Å². The molecular weight excluding hydrogens is 355 g/mol. The van der Waals surface area contributed by atoms with Gasteiger partial charge in [0.15, 0.2) is 0 Å². The standard InChI is InChI=1S/C19H20Cl2N4/c20-16-4-3-5-17(21)15(16)11-25-19-10-13(22)6-7-14(19)18(23-25)12-24-8-1-2-9-24/h3-7,10H,1-2,8-9,11-12,22H2. The lowest BCUT2D eigenvalue weighted by atomic mass is 10.1. The summed E-state index contributed by atoms with van der Waals surface area (Å²) in [7, 11) is 0. The maximum absolute atomic E-state index is 6.35. The van der Waals surface area contributed by atoms with Gasteiger partial charge in [-0.05, 0) is 56.3 Å². The van der Waals surface area contributed by atoms with Gasteiger partial charge in [0.1, 0.15) is 0 Å². The van der Waals surface area contributed by atoms with Gasteiger partial charge < -0.3 is 5.73 Å². The molecule has 0 amide bonds. The van der Waals surface area contributed by atoms with E-state index in [9.17, 15) is 0 Å². The fourth-order valence-corrected chi connectivity index (χ4v) is 4.00. The van der Waals surface area contributed by atoms with Gasteiger partial charge in [-0.1, -0.05) is 29.3 Å². The van der Waals surface area contributed by atoms with E-state index in [-0.39, 0.29) is 0 Å². The predicted octanol–water partition coefficient (Wildman–Crippen LogP) is 4.57. The summed E-state index contributed by atoms with van der Waals surface area (Å²) in [6, 6.07) is 11.5. The van der Waals surface area contributed by atoms with E-state index in [1.807, 2.05) is 35.0 Å². The highest BCUT2D eigenvalue weighted by atomic mass is 35.5. The van der Waals surface area contributed by atoms with Gasteiger partial charge in [-0.15, -0.1) is 0 Å². The fourth-order valence-electron chi connectivity index (χ4n) is 3.48. The Labute approximate surface area is 157 Å². The second-order valence-corrected chi connectivity index (χ2v) is 7.38. The van der Waals surface area contributed by atoms with Gasteiger partial charge in [-0.3, -0.25) is 9.58 Å². The van der Waals surface area contributed by atoms with E-state index in [0.29, 0.717) is 16.6 Å². The van der Waals surface area contributed by atoms with Crippen molar-refractivity contribution in [3.63, 3.8) is 0 Å². The number of nitrogens with zero attached hydrogens (tertiary/aromatic N) is 3. The number of nitrogen functional groups attached to an aromatic ring is 1. The number of halogens is 2. The molecule has 2 N–H and O–H groups in total. The van der Waals surface area contributed by atoms with Crippen LogP contribution >= 0.6 is 23.2 Å². The molecule has 4 rings (SSSR count). The second kappa shape index (κ2) is 6.87. The molecule has 1 aromatic heterocycles. The van der Waals surface area contributed by atoms with Gasteiger partial charge in [0, 0.05) is 33.2 Å². The summed E-state index contributed by atoms with van der Waals surface area (Å²) in [5.74, 6) is 0. The first-order valence-electron chi connectivity index (χ1n) is 8.52. The lowest BCUT2D eigenvalue weighted by Crippen LogP contribution is -2.19. The molecule has 25 heavy (non-hydrogen) atoms. The molecule has 3 aromatic rings. The summed E-state index contributed by atoms with van der Waals surface area (Å²) in [5.41, 5.74) is 9.73. The minimum Gasteiger partial charge on any atom is -0.399 e. The molecular formula is C19H20Cl2N4. The monoisotopic (exact) mass is 374 g/mol. The van der Waals surface area contributed by atoms with E-state index in [4.69, 9.17) is 34.0 Å². The van der Waals surface area contributed by atoms with Crippen LogP contribution in [-0.2, 0) is 13.1 Å². The molecule has 0 bridgehead atoms. The highest BCUT2D eigenvalue weighted by Crippen LogP contribution is 2.28. The number of fused-ring (bicyclic) bond motifs is 1. The number of hydrogen-bond donors (Lipinski definition) is 1. The molecule has 4 nitrogen and oxygen atoms in total. The Balaban J connectivity index is 1.76. The zero-order valence-corrected chi connectivity index (χ0v) is 15.4. The van der Waals surface area contributed by atoms with Gasteiger partial charge in [-0.25, -0.2) is 0 Å². The minimum absolute atomic E-state index is 0.526. The maximum Gasteiger partial charge on any atom is 0.0843 e. The number of hydrogen-bond acceptors (Lipinski definition) is 3. The summed E-state index contributed by atoms with van der Waals surface area (Å²) in [5, 5.41) is 7.32. The van der Waals surface area contributed by atoms with E-state index in [2.05, 4.69) is 11.0 Å². The van der Waals surface area contributed by atoms with Crippen molar-refractivity contribution in [1.29, 1.82) is 0 Å². The zero-order valence-electron chi connectivity index (χ0n) is 13.9. The van der Waals surface area contributed by atoms with Crippen molar-refractivity contribution < 1.29 is 0 Å². The average Bonchev–Trinajstić information content (AvgIpc) is 3.20. The summed E-state index contributed by atoms with van der Waals surface area (Å²) in [6.07, 6.45) is 2.53. The Morgan fingerprint density at radius 1 is 1.00 bits per heavy atom. The molecule has 6 heteroatoms. The van der Waals surface area contributed by atoms with Crippen LogP contribution in [0.15, 0.2) is 36.4 Å². The molecule has 0 spiro atoms. The third-order valence-electron chi connectivity index (χ3n) is 4.79. The van der Waals surface area contributed by atoms with Crippen LogP contribution < -0.4 is 5.73 Å². The van der Waals surface area contributed by atoms with Crippen molar-refractivity contribution in [2.45, 2.75) is 25.9 Å². The molecule has 0 unspecified atom stereocenters. The Bertz CT molecular complexity index is 893. The average molecular weight is 375 g/mol. The van der Waals surface area contributed by atoms with Crippen molar-refractivity contribution in [3.8, 4) is 0 Å². The van der Waals surface area contributed by atoms with E-state index >= 15 is 0 Å². The van der Waals surface area contributed by atoms with Crippen molar-refractivity contribution >= 4 is 39.8 Å². The lowest BCUT2D eigenvalue weighted by Gasteiger charge is -2.12. The molecule has 2 aromatic carbocycles.